The third kappa shape index (κ3) is 3.12. The Balaban J connectivity index is 1.32. The molecule has 6 nitrogen and oxygen atoms in total. The van der Waals surface area contributed by atoms with Crippen LogP contribution in [0.5, 0.6) is 11.5 Å². The number of anilines is 1. The molecule has 0 saturated carbocycles. The van der Waals surface area contributed by atoms with Crippen LogP contribution in [0.4, 0.5) is 5.13 Å². The number of amides is 1. The van der Waals surface area contributed by atoms with Crippen molar-refractivity contribution in [1.82, 2.24) is 9.88 Å². The molecule has 0 spiro atoms. The molecule has 0 atom stereocenters. The predicted molar refractivity (Wildman–Crippen MR) is 108 cm³/mol. The van der Waals surface area contributed by atoms with Crippen LogP contribution in [0.1, 0.15) is 16.1 Å². The molecule has 0 unspecified atom stereocenters. The summed E-state index contributed by atoms with van der Waals surface area (Å²) in [6.07, 6.45) is 0.923. The Kier molecular flexibility index (Phi) is 4.37. The number of carbonyl (C=O) groups excluding carboxylic acids is 1. The van der Waals surface area contributed by atoms with E-state index in [4.69, 9.17) is 14.5 Å². The van der Waals surface area contributed by atoms with Crippen LogP contribution in [-0.4, -0.2) is 55.2 Å². The number of nitrogens with zero attached hydrogens (tertiary/aromatic N) is 3. The van der Waals surface area contributed by atoms with Crippen LogP contribution in [-0.2, 0) is 0 Å². The van der Waals surface area contributed by atoms with E-state index in [0.29, 0.717) is 36.1 Å². The minimum Gasteiger partial charge on any atom is -0.485 e. The maximum atomic E-state index is 13.0. The Morgan fingerprint density at radius 2 is 1.96 bits per heavy atom. The summed E-state index contributed by atoms with van der Waals surface area (Å²) >= 11 is 3.12. The van der Waals surface area contributed by atoms with Gasteiger partial charge in [-0.15, -0.1) is 11.3 Å². The molecule has 1 aromatic carbocycles. The van der Waals surface area contributed by atoms with Crippen molar-refractivity contribution in [3.8, 4) is 11.5 Å². The number of ether oxygens (including phenoxy) is 2. The van der Waals surface area contributed by atoms with E-state index >= 15 is 0 Å². The largest absolute Gasteiger partial charge is 0.485 e. The van der Waals surface area contributed by atoms with Crippen LogP contribution in [0.15, 0.2) is 29.6 Å². The molecule has 140 valence electrons. The number of rotatable bonds is 2. The van der Waals surface area contributed by atoms with Gasteiger partial charge in [0.2, 0.25) is 0 Å². The molecule has 2 aromatic heterocycles. The highest BCUT2D eigenvalue weighted by Crippen LogP contribution is 2.40. The Hall–Kier alpha value is -2.32. The van der Waals surface area contributed by atoms with Crippen LogP contribution >= 0.6 is 22.7 Å². The zero-order valence-corrected chi connectivity index (χ0v) is 16.4. The third-order valence-electron chi connectivity index (χ3n) is 4.83. The molecular weight excluding hydrogens is 382 g/mol. The SMILES string of the molecule is O=C(c1scc2c1OCCO2)N1CCCN(c2nc3ccccc3s2)CC1. The maximum Gasteiger partial charge on any atom is 0.267 e. The number of hydrogen-bond acceptors (Lipinski definition) is 7. The van der Waals surface area contributed by atoms with E-state index in [9.17, 15) is 4.79 Å². The summed E-state index contributed by atoms with van der Waals surface area (Å²) in [5.74, 6) is 1.35. The van der Waals surface area contributed by atoms with E-state index in [1.54, 1.807) is 11.3 Å². The number of aromatic nitrogens is 1. The van der Waals surface area contributed by atoms with Crippen molar-refractivity contribution < 1.29 is 14.3 Å². The van der Waals surface area contributed by atoms with E-state index in [1.807, 2.05) is 28.5 Å². The molecule has 8 heteroatoms. The summed E-state index contributed by atoms with van der Waals surface area (Å²) in [6, 6.07) is 8.21. The minimum absolute atomic E-state index is 0.0397. The zero-order valence-electron chi connectivity index (χ0n) is 14.7. The quantitative estimate of drug-likeness (QED) is 0.658. The van der Waals surface area contributed by atoms with Gasteiger partial charge in [-0.1, -0.05) is 23.5 Å². The number of fused-ring (bicyclic) bond motifs is 2. The summed E-state index contributed by atoms with van der Waals surface area (Å²) in [6.45, 7) is 4.16. The fourth-order valence-corrected chi connectivity index (χ4v) is 5.37. The van der Waals surface area contributed by atoms with Gasteiger partial charge in [0, 0.05) is 31.6 Å². The summed E-state index contributed by atoms with van der Waals surface area (Å²) < 4.78 is 12.5. The van der Waals surface area contributed by atoms with Gasteiger partial charge in [0.25, 0.3) is 5.91 Å². The lowest BCUT2D eigenvalue weighted by molar-refractivity contribution is 0.0763. The molecule has 2 aliphatic rings. The van der Waals surface area contributed by atoms with Gasteiger partial charge in [0.15, 0.2) is 16.6 Å². The first-order valence-electron chi connectivity index (χ1n) is 9.06. The highest BCUT2D eigenvalue weighted by atomic mass is 32.1. The number of thiazole rings is 1. The topological polar surface area (TPSA) is 54.9 Å². The molecular formula is C19H19N3O3S2. The van der Waals surface area contributed by atoms with Crippen molar-refractivity contribution in [2.45, 2.75) is 6.42 Å². The smallest absolute Gasteiger partial charge is 0.267 e. The molecule has 27 heavy (non-hydrogen) atoms. The molecule has 1 amide bonds. The lowest BCUT2D eigenvalue weighted by atomic mass is 10.3. The highest BCUT2D eigenvalue weighted by Gasteiger charge is 2.28. The van der Waals surface area contributed by atoms with Crippen molar-refractivity contribution in [3.63, 3.8) is 0 Å². The average Bonchev–Trinajstić information content (AvgIpc) is 3.24. The number of carbonyl (C=O) groups is 1. The van der Waals surface area contributed by atoms with Crippen LogP contribution in [0.25, 0.3) is 10.2 Å². The zero-order chi connectivity index (χ0) is 18.2. The lowest BCUT2D eigenvalue weighted by Crippen LogP contribution is -2.35. The first kappa shape index (κ1) is 16.8. The second kappa shape index (κ2) is 7.01. The second-order valence-electron chi connectivity index (χ2n) is 6.55. The summed E-state index contributed by atoms with van der Waals surface area (Å²) in [7, 11) is 0. The Bertz CT molecular complexity index is 951. The minimum atomic E-state index is 0.0397. The molecule has 0 bridgehead atoms. The normalized spacial score (nSPS) is 17.2. The monoisotopic (exact) mass is 401 g/mol. The molecule has 0 N–H and O–H groups in total. The molecule has 1 saturated heterocycles. The van der Waals surface area contributed by atoms with Gasteiger partial charge in [-0.05, 0) is 18.6 Å². The van der Waals surface area contributed by atoms with Gasteiger partial charge in [0.05, 0.1) is 10.2 Å². The second-order valence-corrected chi connectivity index (χ2v) is 8.44. The van der Waals surface area contributed by atoms with Crippen LogP contribution in [0, 0.1) is 0 Å². The van der Waals surface area contributed by atoms with Crippen molar-refractivity contribution in [1.29, 1.82) is 0 Å². The van der Waals surface area contributed by atoms with Crippen LogP contribution in [0.2, 0.25) is 0 Å². The van der Waals surface area contributed by atoms with Gasteiger partial charge >= 0.3 is 0 Å². The Morgan fingerprint density at radius 3 is 2.89 bits per heavy atom. The van der Waals surface area contributed by atoms with Crippen molar-refractivity contribution in [2.24, 2.45) is 0 Å². The Morgan fingerprint density at radius 1 is 1.07 bits per heavy atom. The van der Waals surface area contributed by atoms with Crippen molar-refractivity contribution >= 4 is 43.9 Å². The standard InChI is InChI=1S/C19H19N3O3S2/c23-18(17-16-14(12-26-17)24-10-11-25-16)21-6-3-7-22(9-8-21)19-20-13-4-1-2-5-15(13)27-19/h1-2,4-5,12H,3,6-11H2. The molecule has 3 aromatic rings. The van der Waals surface area contributed by atoms with E-state index in [0.717, 1.165) is 36.7 Å². The lowest BCUT2D eigenvalue weighted by Gasteiger charge is -2.22. The Labute approximate surface area is 164 Å². The van der Waals surface area contributed by atoms with Crippen LogP contribution in [0.3, 0.4) is 0 Å². The summed E-state index contributed by atoms with van der Waals surface area (Å²) in [4.78, 5) is 22.7. The fraction of sp³-hybridized carbons (Fsp3) is 0.368. The number of thiophene rings is 1. The highest BCUT2D eigenvalue weighted by molar-refractivity contribution is 7.22. The first-order chi connectivity index (χ1) is 13.3. The van der Waals surface area contributed by atoms with Gasteiger partial charge in [-0.25, -0.2) is 4.98 Å². The van der Waals surface area contributed by atoms with Crippen LogP contribution < -0.4 is 14.4 Å². The number of hydrogen-bond donors (Lipinski definition) is 0. The molecule has 2 aliphatic heterocycles. The molecule has 5 rings (SSSR count). The molecule has 4 heterocycles. The summed E-state index contributed by atoms with van der Waals surface area (Å²) in [5, 5.41) is 2.91. The van der Waals surface area contributed by atoms with Crippen molar-refractivity contribution in [3.05, 3.63) is 34.5 Å². The first-order valence-corrected chi connectivity index (χ1v) is 10.8. The predicted octanol–water partition coefficient (Wildman–Crippen LogP) is 3.48. The van der Waals surface area contributed by atoms with E-state index in [1.165, 1.54) is 16.0 Å². The number of benzene rings is 1. The van der Waals surface area contributed by atoms with E-state index < -0.39 is 0 Å². The van der Waals surface area contributed by atoms with E-state index in [2.05, 4.69) is 11.0 Å². The number of para-hydroxylation sites is 1. The maximum absolute atomic E-state index is 13.0. The fourth-order valence-electron chi connectivity index (χ4n) is 3.46. The molecule has 1 fully saturated rings. The van der Waals surface area contributed by atoms with Crippen molar-refractivity contribution in [2.75, 3.05) is 44.3 Å². The van der Waals surface area contributed by atoms with Gasteiger partial charge in [-0.3, -0.25) is 4.79 Å². The van der Waals surface area contributed by atoms with Gasteiger partial charge in [0.1, 0.15) is 18.1 Å². The summed E-state index contributed by atoms with van der Waals surface area (Å²) in [5.41, 5.74) is 1.04. The van der Waals surface area contributed by atoms with Gasteiger partial charge in [-0.2, -0.15) is 0 Å². The van der Waals surface area contributed by atoms with E-state index in [-0.39, 0.29) is 5.91 Å². The van der Waals surface area contributed by atoms with Gasteiger partial charge < -0.3 is 19.3 Å². The molecule has 0 aliphatic carbocycles. The molecule has 0 radical (unpaired) electrons. The third-order valence-corrected chi connectivity index (χ3v) is 6.86. The average molecular weight is 402 g/mol.